The molecule has 0 spiro atoms. The Kier molecular flexibility index (Phi) is 30.4. The number of benzene rings is 6. The molecule has 9 N–H and O–H groups in total. The number of carbonyl (C=O) groups is 6. The van der Waals surface area contributed by atoms with Crippen molar-refractivity contribution in [2.75, 3.05) is 36.1 Å². The van der Waals surface area contributed by atoms with Crippen molar-refractivity contribution in [1.29, 1.82) is 0 Å². The van der Waals surface area contributed by atoms with Crippen LogP contribution in [0.3, 0.4) is 0 Å². The number of alkyl halides is 6. The van der Waals surface area contributed by atoms with Crippen LogP contribution in [0.2, 0.25) is 0 Å². The highest BCUT2D eigenvalue weighted by Gasteiger charge is 2.48. The first-order valence-electron chi connectivity index (χ1n) is 34.3. The second kappa shape index (κ2) is 38.2. The summed E-state index contributed by atoms with van der Waals surface area (Å²) >= 11 is 0. The number of carbonyl (C=O) groups excluding carboxylic acids is 6. The van der Waals surface area contributed by atoms with Gasteiger partial charge in [-0.1, -0.05) is 47.7 Å². The van der Waals surface area contributed by atoms with Crippen LogP contribution < -0.4 is 25.4 Å². The first-order valence-corrected chi connectivity index (χ1v) is 38.0. The van der Waals surface area contributed by atoms with Crippen LogP contribution in [0.25, 0.3) is 0 Å². The normalized spacial score (nSPS) is 20.5. The fraction of sp³-hybridized carbons (Fsp3) is 0.392. The number of ketones is 3. The van der Waals surface area contributed by atoms with E-state index in [1.54, 1.807) is 79.7 Å². The number of Topliss-reactive ketones (excluding diaryl/α,β-unsaturated/α-hetero) is 3. The van der Waals surface area contributed by atoms with Gasteiger partial charge in [0.25, 0.3) is 37.0 Å². The maximum atomic E-state index is 13.1. The Morgan fingerprint density at radius 2 is 0.736 bits per heavy atom. The molecule has 6 aromatic carbocycles. The molecule has 31 heteroatoms. The van der Waals surface area contributed by atoms with E-state index in [-0.39, 0.29) is 45.8 Å². The maximum absolute atomic E-state index is 13.1. The van der Waals surface area contributed by atoms with Crippen molar-refractivity contribution in [3.05, 3.63) is 201 Å². The number of aliphatic hydroxyl groups is 6. The Balaban J connectivity index is 0.000000229. The van der Waals surface area contributed by atoms with Gasteiger partial charge in [-0.25, -0.2) is 43.2 Å². The lowest BCUT2D eigenvalue weighted by Crippen LogP contribution is -2.58. The molecule has 3 amide bonds. The number of nitrogens with one attached hydrogen (secondary N) is 3. The summed E-state index contributed by atoms with van der Waals surface area (Å²) in [6.07, 6.45) is -14.8. The molecule has 6 aromatic rings. The Hall–Kier alpha value is -9.82. The van der Waals surface area contributed by atoms with Gasteiger partial charge in [0.1, 0.15) is 70.8 Å². The van der Waals surface area contributed by atoms with E-state index < -0.39 is 140 Å². The van der Waals surface area contributed by atoms with E-state index in [2.05, 4.69) is 56.4 Å². The van der Waals surface area contributed by atoms with Crippen LogP contribution in [0, 0.1) is 35.5 Å². The van der Waals surface area contributed by atoms with E-state index in [1.807, 2.05) is 24.3 Å². The molecular weight excluding hydrogens is 1490 g/mol. The van der Waals surface area contributed by atoms with Gasteiger partial charge in [0.2, 0.25) is 6.29 Å². The van der Waals surface area contributed by atoms with Gasteiger partial charge in [0.05, 0.1) is 29.1 Å². The van der Waals surface area contributed by atoms with Crippen molar-refractivity contribution in [3.63, 3.8) is 0 Å². The smallest absolute Gasteiger partial charge is 0.269 e. The van der Waals surface area contributed by atoms with Gasteiger partial charge in [-0.2, -0.15) is 0 Å². The number of nitrogens with zero attached hydrogens (tertiary/aromatic N) is 1. The molecule has 23 nitrogen and oxygen atoms in total. The average Bonchev–Trinajstić information content (AvgIpc) is 0.830. The molecule has 0 aliphatic carbocycles. The van der Waals surface area contributed by atoms with E-state index in [9.17, 15) is 103 Å². The molecule has 0 saturated carbocycles. The SMILES string of the molecule is CC(=O)[C@@H](NC(=O)c1ccc(C#Cc2ccc(CN3CCS(=O)(=O)CC3)cc2)cc1)[C@](C)(O)C(F)F.CC(=O)[C@@H](NC(=O)c1ccc(C#Cc2ccc(OC3CCS(=O)(=O)CC3)cc2)cc1)[C@](C)(O)C(F)F.CC(=O)[C@@H](NC(=O)c1ccc(C#Cc2ccc(OC3O[C@@H](C)[C@@H](O)[C@@H](O)[C@@H]3O)cc2)cc1)[C@](C)(O)C(F)F. The predicted octanol–water partition coefficient (Wildman–Crippen LogP) is 5.76. The lowest BCUT2D eigenvalue weighted by Gasteiger charge is -2.38. The molecule has 110 heavy (non-hydrogen) atoms. The summed E-state index contributed by atoms with van der Waals surface area (Å²) in [7, 11) is -5.85. The molecule has 0 radical (unpaired) electrons. The summed E-state index contributed by atoms with van der Waals surface area (Å²) in [5.74, 6) is 14.7. The van der Waals surface area contributed by atoms with Gasteiger partial charge in [0, 0.05) is 69.7 Å². The molecular formula is C79H84F6N4O19S2. The number of aliphatic hydroxyl groups excluding tert-OH is 3. The highest BCUT2D eigenvalue weighted by Crippen LogP contribution is 2.28. The Morgan fingerprint density at radius 3 is 1.04 bits per heavy atom. The third-order valence-corrected chi connectivity index (χ3v) is 21.3. The summed E-state index contributed by atoms with van der Waals surface area (Å²) in [5, 5.41) is 66.0. The van der Waals surface area contributed by atoms with Crippen LogP contribution >= 0.6 is 0 Å². The summed E-state index contributed by atoms with van der Waals surface area (Å²) < 4.78 is 142. The minimum Gasteiger partial charge on any atom is -0.490 e. The molecule has 3 fully saturated rings. The van der Waals surface area contributed by atoms with Gasteiger partial charge in [0.15, 0.2) is 37.0 Å². The number of amides is 3. The molecule has 3 saturated heterocycles. The summed E-state index contributed by atoms with van der Waals surface area (Å²) in [5.41, 5.74) is -2.85. The van der Waals surface area contributed by atoms with E-state index in [1.165, 1.54) is 48.5 Å². The van der Waals surface area contributed by atoms with Crippen LogP contribution in [0.1, 0.15) is 131 Å². The summed E-state index contributed by atoms with van der Waals surface area (Å²) in [4.78, 5) is 74.6. The summed E-state index contributed by atoms with van der Waals surface area (Å²) in [6, 6.07) is 33.9. The van der Waals surface area contributed by atoms with Crippen LogP contribution in [0.4, 0.5) is 26.3 Å². The second-order valence-corrected chi connectivity index (χ2v) is 31.7. The number of halogens is 6. The van der Waals surface area contributed by atoms with Gasteiger partial charge in [-0.3, -0.25) is 33.7 Å². The molecule has 9 rings (SSSR count). The zero-order valence-corrected chi connectivity index (χ0v) is 62.3. The van der Waals surface area contributed by atoms with Crippen LogP contribution in [-0.4, -0.2) is 215 Å². The first-order chi connectivity index (χ1) is 51.5. The molecule has 11 atom stereocenters. The number of hydrogen-bond donors (Lipinski definition) is 9. The Labute approximate surface area is 632 Å². The monoisotopic (exact) mass is 1570 g/mol. The highest BCUT2D eigenvalue weighted by atomic mass is 32.2. The molecule has 0 bridgehead atoms. The summed E-state index contributed by atoms with van der Waals surface area (Å²) in [6.45, 7) is 8.69. The fourth-order valence-electron chi connectivity index (χ4n) is 11.1. The molecule has 588 valence electrons. The van der Waals surface area contributed by atoms with Gasteiger partial charge >= 0.3 is 0 Å². The molecule has 1 unspecified atom stereocenters. The topological polar surface area (TPSA) is 359 Å². The fourth-order valence-corrected chi connectivity index (χ4v) is 13.8. The third kappa shape index (κ3) is 24.8. The largest absolute Gasteiger partial charge is 0.490 e. The van der Waals surface area contributed by atoms with Crippen molar-refractivity contribution in [3.8, 4) is 47.0 Å². The van der Waals surface area contributed by atoms with E-state index in [0.29, 0.717) is 71.8 Å². The van der Waals surface area contributed by atoms with Gasteiger partial charge in [-0.15, -0.1) is 0 Å². The van der Waals surface area contributed by atoms with E-state index in [4.69, 9.17) is 14.2 Å². The number of ether oxygens (including phenoxy) is 3. The van der Waals surface area contributed by atoms with Crippen LogP contribution in [0.5, 0.6) is 11.5 Å². The van der Waals surface area contributed by atoms with E-state index in [0.717, 1.165) is 52.7 Å². The van der Waals surface area contributed by atoms with Crippen LogP contribution in [-0.2, 0) is 45.3 Å². The highest BCUT2D eigenvalue weighted by molar-refractivity contribution is 7.91. The first kappa shape index (κ1) is 87.4. The van der Waals surface area contributed by atoms with Gasteiger partial charge in [-0.05, 0) is 200 Å². The van der Waals surface area contributed by atoms with Crippen molar-refractivity contribution in [2.45, 2.75) is 159 Å². The zero-order chi connectivity index (χ0) is 81.2. The van der Waals surface area contributed by atoms with Crippen LogP contribution in [0.15, 0.2) is 146 Å². The quantitative estimate of drug-likeness (QED) is 0.0305. The maximum Gasteiger partial charge on any atom is 0.269 e. The minimum absolute atomic E-state index is 0.0902. The molecule has 0 aromatic heterocycles. The minimum atomic E-state index is -3.24. The third-order valence-electron chi connectivity index (χ3n) is 18.0. The molecule has 3 aliphatic rings. The number of rotatable bonds is 21. The average molecular weight is 1570 g/mol. The van der Waals surface area contributed by atoms with Crippen molar-refractivity contribution < 1.29 is 117 Å². The lowest BCUT2D eigenvalue weighted by atomic mass is 9.93. The molecule has 3 heterocycles. The standard InChI is InChI=1S/C27H29F2NO8.C26H28F2N2O5S.C26H27F2NO6S/c1-14(31)23(27(3,36)26(28)29)30-24(35)18-10-6-16(7-11-18)4-5-17-8-12-19(13-9-17)38-25-22(34)21(33)20(32)15(2)37-25;1-18(31)23(26(2,33)25(27)28)29-24(32)22-11-9-20(10-12-22)4-3-19-5-7-21(8-6-19)17-30-13-15-36(34,35)16-14-30;1-17(30)23(26(2,32)25(27)28)29-24(31)20-9-5-18(6-10-20)3-4-19-7-11-21(12-8-19)35-22-13-15-36(33,34)16-14-22/h6-13,15,20-23,25-26,32-34,36H,1-3H3,(H,30,35);5-12,23,25,33H,13-17H2,1-2H3,(H,29,32);5-12,22-23,25,32H,13-16H2,1-2H3,(H,29,31)/t15-,20+,21+,22-,23+,25?,27-;2*23-,26+/m011/s1. The van der Waals surface area contributed by atoms with Crippen molar-refractivity contribution in [2.24, 2.45) is 0 Å². The predicted molar refractivity (Wildman–Crippen MR) is 391 cm³/mol. The van der Waals surface area contributed by atoms with Crippen molar-refractivity contribution in [1.82, 2.24) is 20.9 Å². The number of hydrogen-bond acceptors (Lipinski definition) is 20. The second-order valence-electron chi connectivity index (χ2n) is 27.1. The zero-order valence-electron chi connectivity index (χ0n) is 60.7. The molecule has 3 aliphatic heterocycles. The Bertz CT molecular complexity index is 4430. The Morgan fingerprint density at radius 1 is 0.455 bits per heavy atom. The lowest BCUT2D eigenvalue weighted by molar-refractivity contribution is -0.268. The van der Waals surface area contributed by atoms with Crippen molar-refractivity contribution >= 4 is 54.7 Å². The van der Waals surface area contributed by atoms with Gasteiger partial charge < -0.3 is 60.8 Å². The van der Waals surface area contributed by atoms with E-state index >= 15 is 0 Å². The number of sulfone groups is 2.